The summed E-state index contributed by atoms with van der Waals surface area (Å²) >= 11 is 5.58. The van der Waals surface area contributed by atoms with E-state index in [1.54, 1.807) is 12.1 Å². The van der Waals surface area contributed by atoms with Crippen molar-refractivity contribution in [3.63, 3.8) is 0 Å². The quantitative estimate of drug-likeness (QED) is 0.698. The first-order chi connectivity index (χ1) is 6.68. The van der Waals surface area contributed by atoms with Crippen LogP contribution in [0.3, 0.4) is 0 Å². The molecule has 1 heterocycles. The number of hydrogen-bond donors (Lipinski definition) is 0. The highest BCUT2D eigenvalue weighted by molar-refractivity contribution is 6.29. The van der Waals surface area contributed by atoms with E-state index in [-0.39, 0.29) is 0 Å². The van der Waals surface area contributed by atoms with Gasteiger partial charge in [0.05, 0.1) is 6.61 Å². The molecular formula is C9H14ClN3O. The van der Waals surface area contributed by atoms with Crippen LogP contribution in [0.5, 0.6) is 5.88 Å². The summed E-state index contributed by atoms with van der Waals surface area (Å²) in [4.78, 5) is 2.11. The van der Waals surface area contributed by atoms with Crippen molar-refractivity contribution < 1.29 is 4.74 Å². The summed E-state index contributed by atoms with van der Waals surface area (Å²) in [5.41, 5.74) is 0. The summed E-state index contributed by atoms with van der Waals surface area (Å²) in [5, 5.41) is 7.83. The van der Waals surface area contributed by atoms with Crippen LogP contribution in [0.25, 0.3) is 0 Å². The Kier molecular flexibility index (Phi) is 4.62. The van der Waals surface area contributed by atoms with Gasteiger partial charge in [-0.05, 0) is 26.6 Å². The fourth-order valence-electron chi connectivity index (χ4n) is 0.938. The molecule has 0 spiro atoms. The Balaban J connectivity index is 2.21. The van der Waals surface area contributed by atoms with E-state index >= 15 is 0 Å². The molecule has 0 aliphatic rings. The molecule has 1 aromatic rings. The molecule has 0 atom stereocenters. The maximum atomic E-state index is 5.58. The molecule has 1 rings (SSSR count). The third-order valence-electron chi connectivity index (χ3n) is 1.61. The zero-order chi connectivity index (χ0) is 10.4. The van der Waals surface area contributed by atoms with Crippen LogP contribution in [0.4, 0.5) is 0 Å². The molecule has 0 fully saturated rings. The third kappa shape index (κ3) is 4.39. The Bertz CT molecular complexity index is 263. The number of nitrogens with zero attached hydrogens (tertiary/aromatic N) is 3. The van der Waals surface area contributed by atoms with Crippen LogP contribution in [-0.4, -0.2) is 42.3 Å². The first-order valence-electron chi connectivity index (χ1n) is 4.45. The summed E-state index contributed by atoms with van der Waals surface area (Å²) in [6.07, 6.45) is 0.970. The smallest absolute Gasteiger partial charge is 0.233 e. The Hall–Kier alpha value is -0.870. The Labute approximate surface area is 88.8 Å². The van der Waals surface area contributed by atoms with E-state index in [0.717, 1.165) is 13.0 Å². The zero-order valence-electron chi connectivity index (χ0n) is 8.40. The standard InChI is InChI=1S/C9H14ClN3O/c1-13(2)6-3-7-14-9-5-4-8(10)11-12-9/h4-5H,3,6-7H2,1-2H3. The van der Waals surface area contributed by atoms with Gasteiger partial charge in [0.1, 0.15) is 0 Å². The lowest BCUT2D eigenvalue weighted by Crippen LogP contribution is -2.15. The van der Waals surface area contributed by atoms with Gasteiger partial charge in [-0.15, -0.1) is 10.2 Å². The molecule has 0 N–H and O–H groups in total. The third-order valence-corrected chi connectivity index (χ3v) is 1.81. The molecule has 0 radical (unpaired) electrons. The van der Waals surface area contributed by atoms with Crippen molar-refractivity contribution in [2.75, 3.05) is 27.2 Å². The normalized spacial score (nSPS) is 10.6. The topological polar surface area (TPSA) is 38.2 Å². The minimum absolute atomic E-state index is 0.380. The largest absolute Gasteiger partial charge is 0.477 e. The van der Waals surface area contributed by atoms with Crippen molar-refractivity contribution >= 4 is 11.6 Å². The SMILES string of the molecule is CN(C)CCCOc1ccc(Cl)nn1. The maximum Gasteiger partial charge on any atom is 0.233 e. The Morgan fingerprint density at radius 3 is 2.71 bits per heavy atom. The number of aromatic nitrogens is 2. The van der Waals surface area contributed by atoms with Crippen molar-refractivity contribution in [3.8, 4) is 5.88 Å². The van der Waals surface area contributed by atoms with E-state index in [1.165, 1.54) is 0 Å². The molecule has 0 saturated carbocycles. The molecule has 0 aromatic carbocycles. The molecule has 14 heavy (non-hydrogen) atoms. The molecule has 5 heteroatoms. The highest BCUT2D eigenvalue weighted by atomic mass is 35.5. The average Bonchev–Trinajstić information content (AvgIpc) is 2.15. The molecule has 0 aliphatic heterocycles. The summed E-state index contributed by atoms with van der Waals surface area (Å²) in [6, 6.07) is 3.38. The van der Waals surface area contributed by atoms with Gasteiger partial charge in [0.2, 0.25) is 5.88 Å². The molecular weight excluding hydrogens is 202 g/mol. The summed E-state index contributed by atoms with van der Waals surface area (Å²) < 4.78 is 5.35. The maximum absolute atomic E-state index is 5.58. The highest BCUT2D eigenvalue weighted by Crippen LogP contribution is 2.08. The van der Waals surface area contributed by atoms with Gasteiger partial charge >= 0.3 is 0 Å². The molecule has 0 saturated heterocycles. The second kappa shape index (κ2) is 5.78. The molecule has 78 valence electrons. The van der Waals surface area contributed by atoms with E-state index < -0.39 is 0 Å². The first kappa shape index (κ1) is 11.2. The fourth-order valence-corrected chi connectivity index (χ4v) is 1.04. The van der Waals surface area contributed by atoms with Crippen LogP contribution < -0.4 is 4.74 Å². The number of ether oxygens (including phenoxy) is 1. The molecule has 0 bridgehead atoms. The lowest BCUT2D eigenvalue weighted by atomic mass is 10.4. The van der Waals surface area contributed by atoms with Crippen molar-refractivity contribution in [3.05, 3.63) is 17.3 Å². The lowest BCUT2D eigenvalue weighted by Gasteiger charge is -2.09. The lowest BCUT2D eigenvalue weighted by molar-refractivity contribution is 0.270. The number of hydrogen-bond acceptors (Lipinski definition) is 4. The Morgan fingerprint density at radius 1 is 1.36 bits per heavy atom. The second-order valence-corrected chi connectivity index (χ2v) is 3.59. The predicted octanol–water partition coefficient (Wildman–Crippen LogP) is 1.46. The van der Waals surface area contributed by atoms with Crippen molar-refractivity contribution in [1.29, 1.82) is 0 Å². The van der Waals surface area contributed by atoms with Gasteiger partial charge in [0, 0.05) is 12.6 Å². The minimum Gasteiger partial charge on any atom is -0.477 e. The van der Waals surface area contributed by atoms with E-state index in [2.05, 4.69) is 15.1 Å². The molecule has 0 unspecified atom stereocenters. The monoisotopic (exact) mass is 215 g/mol. The Morgan fingerprint density at radius 2 is 2.14 bits per heavy atom. The second-order valence-electron chi connectivity index (χ2n) is 3.20. The molecule has 0 amide bonds. The van der Waals surface area contributed by atoms with Crippen molar-refractivity contribution in [2.24, 2.45) is 0 Å². The summed E-state index contributed by atoms with van der Waals surface area (Å²) in [7, 11) is 4.06. The fraction of sp³-hybridized carbons (Fsp3) is 0.556. The van der Waals surface area contributed by atoms with Gasteiger partial charge in [-0.25, -0.2) is 0 Å². The van der Waals surface area contributed by atoms with Gasteiger partial charge in [-0.3, -0.25) is 0 Å². The predicted molar refractivity (Wildman–Crippen MR) is 55.7 cm³/mol. The van der Waals surface area contributed by atoms with Crippen LogP contribution in [0, 0.1) is 0 Å². The highest BCUT2D eigenvalue weighted by Gasteiger charge is 1.96. The van der Waals surface area contributed by atoms with Crippen LogP contribution >= 0.6 is 11.6 Å². The van der Waals surface area contributed by atoms with Crippen LogP contribution in [0.2, 0.25) is 5.15 Å². The summed E-state index contributed by atoms with van der Waals surface area (Å²) in [5.74, 6) is 0.521. The number of halogens is 1. The van der Waals surface area contributed by atoms with Crippen LogP contribution in [0.15, 0.2) is 12.1 Å². The number of rotatable bonds is 5. The van der Waals surface area contributed by atoms with Crippen molar-refractivity contribution in [1.82, 2.24) is 15.1 Å². The van der Waals surface area contributed by atoms with Gasteiger partial charge in [0.25, 0.3) is 0 Å². The molecule has 4 nitrogen and oxygen atoms in total. The van der Waals surface area contributed by atoms with Gasteiger partial charge in [-0.2, -0.15) is 0 Å². The molecule has 0 aliphatic carbocycles. The van der Waals surface area contributed by atoms with E-state index in [9.17, 15) is 0 Å². The van der Waals surface area contributed by atoms with E-state index in [4.69, 9.17) is 16.3 Å². The van der Waals surface area contributed by atoms with Crippen LogP contribution in [-0.2, 0) is 0 Å². The van der Waals surface area contributed by atoms with E-state index in [0.29, 0.717) is 17.6 Å². The van der Waals surface area contributed by atoms with Crippen LogP contribution in [0.1, 0.15) is 6.42 Å². The van der Waals surface area contributed by atoms with Gasteiger partial charge < -0.3 is 9.64 Å². The van der Waals surface area contributed by atoms with E-state index in [1.807, 2.05) is 14.1 Å². The zero-order valence-corrected chi connectivity index (χ0v) is 9.16. The minimum atomic E-state index is 0.380. The molecule has 1 aromatic heterocycles. The first-order valence-corrected chi connectivity index (χ1v) is 4.83. The van der Waals surface area contributed by atoms with Gasteiger partial charge in [-0.1, -0.05) is 11.6 Å². The average molecular weight is 216 g/mol. The summed E-state index contributed by atoms with van der Waals surface area (Å²) in [6.45, 7) is 1.65. The van der Waals surface area contributed by atoms with Crippen molar-refractivity contribution in [2.45, 2.75) is 6.42 Å². The van der Waals surface area contributed by atoms with Gasteiger partial charge in [0.15, 0.2) is 5.15 Å².